The lowest BCUT2D eigenvalue weighted by Gasteiger charge is -2.18. The van der Waals surface area contributed by atoms with E-state index < -0.39 is 30.2 Å². The first-order valence-electron chi connectivity index (χ1n) is 9.43. The van der Waals surface area contributed by atoms with Gasteiger partial charge in [0.15, 0.2) is 0 Å². The number of carboxylic acids is 1. The van der Waals surface area contributed by atoms with E-state index in [4.69, 9.17) is 14.6 Å². The molecule has 2 aromatic rings. The highest BCUT2D eigenvalue weighted by Gasteiger charge is 2.34. The number of unbranched alkanes of at least 4 members (excludes halogenated alkanes) is 2. The summed E-state index contributed by atoms with van der Waals surface area (Å²) in [5.41, 5.74) is 0.109. The highest BCUT2D eigenvalue weighted by Crippen LogP contribution is 2.32. The van der Waals surface area contributed by atoms with E-state index in [2.05, 4.69) is 0 Å². The van der Waals surface area contributed by atoms with Crippen LogP contribution < -0.4 is 9.47 Å². The summed E-state index contributed by atoms with van der Waals surface area (Å²) in [4.78, 5) is 10.5. The van der Waals surface area contributed by atoms with Gasteiger partial charge in [0.1, 0.15) is 11.5 Å². The first-order valence-corrected chi connectivity index (χ1v) is 9.43. The highest BCUT2D eigenvalue weighted by atomic mass is 19.4. The van der Waals surface area contributed by atoms with Gasteiger partial charge in [0, 0.05) is 12.5 Å². The number of hydrogen-bond donors (Lipinski definition) is 1. The summed E-state index contributed by atoms with van der Waals surface area (Å²) < 4.78 is 75.0. The van der Waals surface area contributed by atoms with Gasteiger partial charge in [0.25, 0.3) is 0 Å². The van der Waals surface area contributed by atoms with Crippen LogP contribution >= 0.6 is 0 Å². The van der Waals surface area contributed by atoms with Crippen molar-refractivity contribution in [2.75, 3.05) is 6.61 Å². The fourth-order valence-electron chi connectivity index (χ4n) is 2.56. The molecule has 0 aliphatic rings. The largest absolute Gasteiger partial charge is 0.494 e. The van der Waals surface area contributed by atoms with Crippen molar-refractivity contribution in [2.24, 2.45) is 0 Å². The lowest BCUT2D eigenvalue weighted by molar-refractivity contribution is -0.185. The topological polar surface area (TPSA) is 55.8 Å². The van der Waals surface area contributed by atoms with Gasteiger partial charge in [0.2, 0.25) is 0 Å². The molecule has 2 aromatic carbocycles. The Kier molecular flexibility index (Phi) is 8.41. The molecule has 0 spiro atoms. The summed E-state index contributed by atoms with van der Waals surface area (Å²) in [7, 11) is 0. The van der Waals surface area contributed by atoms with E-state index in [1.807, 2.05) is 0 Å². The molecule has 0 atom stereocenters. The summed E-state index contributed by atoms with van der Waals surface area (Å²) in [6.45, 7) is 0.187. The maximum absolute atomic E-state index is 14.4. The molecule has 4 nitrogen and oxygen atoms in total. The third kappa shape index (κ3) is 9.06. The average molecular weight is 444 g/mol. The number of benzene rings is 2. The van der Waals surface area contributed by atoms with Crippen LogP contribution in [-0.4, -0.2) is 23.9 Å². The van der Waals surface area contributed by atoms with Gasteiger partial charge in [-0.25, -0.2) is 4.79 Å². The van der Waals surface area contributed by atoms with Gasteiger partial charge < -0.3 is 14.6 Å². The Morgan fingerprint density at radius 3 is 2.06 bits per heavy atom. The zero-order valence-electron chi connectivity index (χ0n) is 16.4. The predicted molar refractivity (Wildman–Crippen MR) is 104 cm³/mol. The van der Waals surface area contributed by atoms with Gasteiger partial charge >= 0.3 is 18.3 Å². The first kappa shape index (κ1) is 24.2. The summed E-state index contributed by atoms with van der Waals surface area (Å²) in [6, 6.07) is 10.4. The van der Waals surface area contributed by atoms with Crippen molar-refractivity contribution in [3.63, 3.8) is 0 Å². The second kappa shape index (κ2) is 10.8. The predicted octanol–water partition coefficient (Wildman–Crippen LogP) is 6.41. The minimum atomic E-state index is -4.16. The molecule has 0 fully saturated rings. The minimum Gasteiger partial charge on any atom is -0.494 e. The quantitative estimate of drug-likeness (QED) is 0.247. The number of hydrogen-bond acceptors (Lipinski definition) is 3. The van der Waals surface area contributed by atoms with Gasteiger partial charge in [-0.2, -0.15) is 22.0 Å². The number of ether oxygens (including phenoxy) is 2. The smallest absolute Gasteiger partial charge is 0.426 e. The molecular formula is C22H21F5O4. The van der Waals surface area contributed by atoms with Crippen LogP contribution in [0, 0.1) is 0 Å². The SMILES string of the molecule is O=C(O)/C=C/c1ccc(OC(F)(F)c2ccc(OCCCCCC(F)(F)F)cc2)cc1. The summed E-state index contributed by atoms with van der Waals surface area (Å²) in [6.07, 6.45) is -5.57. The maximum atomic E-state index is 14.4. The Morgan fingerprint density at radius 2 is 1.48 bits per heavy atom. The van der Waals surface area contributed by atoms with Crippen molar-refractivity contribution in [2.45, 2.75) is 38.0 Å². The standard InChI is InChI=1S/C22H21F5O4/c23-21(24,25)14-2-1-3-15-30-18-11-7-17(8-12-18)22(26,27)31-19-9-4-16(5-10-19)6-13-20(28)29/h4-13H,1-3,14-15H2,(H,28,29)/b13-6+. The number of halogens is 5. The van der Waals surface area contributed by atoms with Crippen LogP contribution in [0.4, 0.5) is 22.0 Å². The number of rotatable bonds is 11. The molecular weight excluding hydrogens is 423 g/mol. The molecule has 0 aromatic heterocycles. The van der Waals surface area contributed by atoms with Crippen LogP contribution in [0.2, 0.25) is 0 Å². The highest BCUT2D eigenvalue weighted by molar-refractivity contribution is 5.85. The van der Waals surface area contributed by atoms with Crippen LogP contribution in [-0.2, 0) is 10.9 Å². The van der Waals surface area contributed by atoms with Crippen molar-refractivity contribution < 1.29 is 41.3 Å². The third-order valence-electron chi connectivity index (χ3n) is 4.11. The van der Waals surface area contributed by atoms with E-state index >= 15 is 0 Å². The maximum Gasteiger partial charge on any atom is 0.426 e. The lowest BCUT2D eigenvalue weighted by atomic mass is 10.2. The molecule has 0 bridgehead atoms. The number of aliphatic carboxylic acids is 1. The molecule has 31 heavy (non-hydrogen) atoms. The summed E-state index contributed by atoms with van der Waals surface area (Å²) in [5.74, 6) is -0.901. The summed E-state index contributed by atoms with van der Waals surface area (Å²) in [5, 5.41) is 8.58. The zero-order chi connectivity index (χ0) is 22.9. The molecule has 0 unspecified atom stereocenters. The fourth-order valence-corrected chi connectivity index (χ4v) is 2.56. The number of carbonyl (C=O) groups is 1. The van der Waals surface area contributed by atoms with E-state index in [9.17, 15) is 26.7 Å². The van der Waals surface area contributed by atoms with E-state index in [1.54, 1.807) is 0 Å². The lowest BCUT2D eigenvalue weighted by Crippen LogP contribution is -2.21. The van der Waals surface area contributed by atoms with Gasteiger partial charge in [-0.15, -0.1) is 0 Å². The molecule has 0 aliphatic heterocycles. The van der Waals surface area contributed by atoms with Crippen LogP contribution in [0.1, 0.15) is 36.8 Å². The molecule has 1 N–H and O–H groups in total. The second-order valence-corrected chi connectivity index (χ2v) is 6.66. The first-order chi connectivity index (χ1) is 14.5. The van der Waals surface area contributed by atoms with E-state index in [0.717, 1.165) is 18.2 Å². The zero-order valence-corrected chi connectivity index (χ0v) is 16.4. The van der Waals surface area contributed by atoms with Crippen molar-refractivity contribution in [1.82, 2.24) is 0 Å². The van der Waals surface area contributed by atoms with Crippen LogP contribution in [0.5, 0.6) is 11.5 Å². The number of alkyl halides is 5. The number of carboxylic acid groups (broad SMARTS) is 1. The molecule has 0 heterocycles. The Bertz CT molecular complexity index is 859. The minimum absolute atomic E-state index is 0.0200. The molecule has 0 saturated carbocycles. The molecule has 0 amide bonds. The van der Waals surface area contributed by atoms with Gasteiger partial charge in [-0.05, 0) is 67.3 Å². The Hall–Kier alpha value is -3.10. The van der Waals surface area contributed by atoms with Crippen LogP contribution in [0.25, 0.3) is 6.08 Å². The molecule has 9 heteroatoms. The molecule has 2 rings (SSSR count). The third-order valence-corrected chi connectivity index (χ3v) is 4.11. The van der Waals surface area contributed by atoms with Crippen LogP contribution in [0.3, 0.4) is 0 Å². The summed E-state index contributed by atoms with van der Waals surface area (Å²) >= 11 is 0. The Balaban J connectivity index is 1.84. The fraction of sp³-hybridized carbons (Fsp3) is 0.318. The van der Waals surface area contributed by atoms with Crippen molar-refractivity contribution in [1.29, 1.82) is 0 Å². The molecule has 0 aliphatic carbocycles. The Labute approximate surface area is 175 Å². The van der Waals surface area contributed by atoms with Gasteiger partial charge in [-0.3, -0.25) is 0 Å². The molecule has 168 valence electrons. The van der Waals surface area contributed by atoms with Crippen molar-refractivity contribution >= 4 is 12.0 Å². The Morgan fingerprint density at radius 1 is 0.871 bits per heavy atom. The molecule has 0 saturated heterocycles. The van der Waals surface area contributed by atoms with E-state index in [1.165, 1.54) is 42.5 Å². The normalized spacial score (nSPS) is 12.2. The average Bonchev–Trinajstić information content (AvgIpc) is 2.69. The van der Waals surface area contributed by atoms with Gasteiger partial charge in [0.05, 0.1) is 12.2 Å². The monoisotopic (exact) mass is 444 g/mol. The van der Waals surface area contributed by atoms with Crippen LogP contribution in [0.15, 0.2) is 54.6 Å². The van der Waals surface area contributed by atoms with Crippen molar-refractivity contribution in [3.8, 4) is 11.5 Å². The van der Waals surface area contributed by atoms with E-state index in [-0.39, 0.29) is 18.8 Å². The van der Waals surface area contributed by atoms with E-state index in [0.29, 0.717) is 24.2 Å². The van der Waals surface area contributed by atoms with Gasteiger partial charge in [-0.1, -0.05) is 12.1 Å². The molecule has 0 radical (unpaired) electrons. The van der Waals surface area contributed by atoms with Crippen molar-refractivity contribution in [3.05, 3.63) is 65.7 Å². The second-order valence-electron chi connectivity index (χ2n) is 6.66.